The Morgan fingerprint density at radius 1 is 1.36 bits per heavy atom. The largest absolute Gasteiger partial charge is 0.369 e. The number of fused-ring (bicyclic) bond motifs is 1. The molecule has 0 aliphatic carbocycles. The van der Waals surface area contributed by atoms with E-state index in [-0.39, 0.29) is 18.4 Å². The lowest BCUT2D eigenvalue weighted by Gasteiger charge is -2.25. The van der Waals surface area contributed by atoms with Crippen LogP contribution >= 0.6 is 0 Å². The summed E-state index contributed by atoms with van der Waals surface area (Å²) in [5.41, 5.74) is 0.133. The van der Waals surface area contributed by atoms with Gasteiger partial charge in [0.05, 0.1) is 5.92 Å². The van der Waals surface area contributed by atoms with E-state index in [1.165, 1.54) is 0 Å². The van der Waals surface area contributed by atoms with E-state index < -0.39 is 12.2 Å². The number of hydrogen-bond donors (Lipinski definition) is 3. The van der Waals surface area contributed by atoms with Gasteiger partial charge in [-0.1, -0.05) is 6.07 Å². The number of halogens is 1. The van der Waals surface area contributed by atoms with Crippen molar-refractivity contribution >= 4 is 17.5 Å². The van der Waals surface area contributed by atoms with Crippen LogP contribution in [0.25, 0.3) is 0 Å². The van der Waals surface area contributed by atoms with Crippen molar-refractivity contribution in [2.75, 3.05) is 30.4 Å². The van der Waals surface area contributed by atoms with E-state index in [9.17, 15) is 9.18 Å². The molecule has 8 heteroatoms. The first kappa shape index (κ1) is 17.1. The summed E-state index contributed by atoms with van der Waals surface area (Å²) in [7, 11) is 0. The van der Waals surface area contributed by atoms with E-state index in [2.05, 4.69) is 30.9 Å². The van der Waals surface area contributed by atoms with Gasteiger partial charge in [0.15, 0.2) is 0 Å². The number of rotatable bonds is 6. The quantitative estimate of drug-likeness (QED) is 0.739. The maximum Gasteiger partial charge on any atom is 0.245 e. The van der Waals surface area contributed by atoms with Gasteiger partial charge >= 0.3 is 0 Å². The summed E-state index contributed by atoms with van der Waals surface area (Å²) in [6, 6.07) is 5.60. The van der Waals surface area contributed by atoms with Gasteiger partial charge in [-0.2, -0.15) is 0 Å². The summed E-state index contributed by atoms with van der Waals surface area (Å²) in [5.74, 6) is 1.77. The second-order valence-electron chi connectivity index (χ2n) is 6.37. The highest BCUT2D eigenvalue weighted by atomic mass is 19.1. The number of alkyl halides is 1. The highest BCUT2D eigenvalue weighted by Crippen LogP contribution is 2.33. The van der Waals surface area contributed by atoms with Crippen LogP contribution in [0.3, 0.4) is 0 Å². The molecule has 0 spiro atoms. The molecule has 0 fully saturated rings. The third kappa shape index (κ3) is 3.67. The first-order valence-corrected chi connectivity index (χ1v) is 8.15. The van der Waals surface area contributed by atoms with Gasteiger partial charge < -0.3 is 16.0 Å². The van der Waals surface area contributed by atoms with Gasteiger partial charge in [-0.3, -0.25) is 4.79 Å². The van der Waals surface area contributed by atoms with Crippen molar-refractivity contribution in [2.45, 2.75) is 25.3 Å². The Hall–Kier alpha value is -2.77. The minimum Gasteiger partial charge on any atom is -0.369 e. The number of nitrogens with one attached hydrogen (secondary N) is 3. The standard InChI is InChI=1S/C17H21FN6O/c1-17(2,16(25)21-9-6-18)24-13-5-8-20-15(23-13)12-10-22-14-11(12)4-3-7-19-14/h3-5,7-8,12H,6,9-10H2,1-2H3,(H,19,22)(H,21,25)(H,20,23,24). The Morgan fingerprint density at radius 3 is 3.00 bits per heavy atom. The molecule has 1 amide bonds. The van der Waals surface area contributed by atoms with Crippen LogP contribution in [0, 0.1) is 0 Å². The molecule has 1 atom stereocenters. The molecule has 0 aromatic carbocycles. The van der Waals surface area contributed by atoms with Crippen molar-refractivity contribution < 1.29 is 9.18 Å². The van der Waals surface area contributed by atoms with Gasteiger partial charge in [0, 0.05) is 31.0 Å². The van der Waals surface area contributed by atoms with Crippen LogP contribution in [0.5, 0.6) is 0 Å². The molecule has 0 saturated carbocycles. The molecule has 1 aliphatic heterocycles. The van der Waals surface area contributed by atoms with Gasteiger partial charge in [-0.25, -0.2) is 19.3 Å². The average Bonchev–Trinajstić information content (AvgIpc) is 3.03. The molecule has 3 heterocycles. The number of carbonyl (C=O) groups is 1. The predicted molar refractivity (Wildman–Crippen MR) is 93.3 cm³/mol. The van der Waals surface area contributed by atoms with Gasteiger partial charge in [0.2, 0.25) is 5.91 Å². The third-order valence-corrected chi connectivity index (χ3v) is 4.06. The summed E-state index contributed by atoms with van der Waals surface area (Å²) in [5, 5.41) is 8.88. The zero-order valence-corrected chi connectivity index (χ0v) is 14.2. The van der Waals surface area contributed by atoms with E-state index in [0.29, 0.717) is 18.2 Å². The summed E-state index contributed by atoms with van der Waals surface area (Å²) in [6.45, 7) is 3.52. The lowest BCUT2D eigenvalue weighted by Crippen LogP contribution is -2.48. The summed E-state index contributed by atoms with van der Waals surface area (Å²) in [6.07, 6.45) is 3.40. The molecule has 7 nitrogen and oxygen atoms in total. The van der Waals surface area contributed by atoms with E-state index in [0.717, 1.165) is 11.4 Å². The van der Waals surface area contributed by atoms with Crippen LogP contribution < -0.4 is 16.0 Å². The first-order chi connectivity index (χ1) is 12.0. The fraction of sp³-hybridized carbons (Fsp3) is 0.412. The maximum atomic E-state index is 12.2. The Kier molecular flexibility index (Phi) is 4.78. The van der Waals surface area contributed by atoms with Crippen LogP contribution in [-0.2, 0) is 4.79 Å². The van der Waals surface area contributed by atoms with Crippen molar-refractivity contribution in [2.24, 2.45) is 0 Å². The maximum absolute atomic E-state index is 12.2. The zero-order valence-electron chi connectivity index (χ0n) is 14.2. The molecule has 2 aromatic rings. The minimum absolute atomic E-state index is 0.00348. The fourth-order valence-electron chi connectivity index (χ4n) is 2.76. The first-order valence-electron chi connectivity index (χ1n) is 8.15. The van der Waals surface area contributed by atoms with Crippen molar-refractivity contribution in [3.63, 3.8) is 0 Å². The van der Waals surface area contributed by atoms with Crippen LogP contribution in [-0.4, -0.2) is 46.2 Å². The van der Waals surface area contributed by atoms with E-state index in [1.807, 2.05) is 12.1 Å². The van der Waals surface area contributed by atoms with Crippen molar-refractivity contribution in [1.82, 2.24) is 20.3 Å². The van der Waals surface area contributed by atoms with Crippen LogP contribution in [0.4, 0.5) is 16.0 Å². The topological polar surface area (TPSA) is 91.8 Å². The Morgan fingerprint density at radius 2 is 2.20 bits per heavy atom. The summed E-state index contributed by atoms with van der Waals surface area (Å²) in [4.78, 5) is 25.4. The monoisotopic (exact) mass is 344 g/mol. The molecular formula is C17H21FN6O. The fourth-order valence-corrected chi connectivity index (χ4v) is 2.76. The molecule has 2 aromatic heterocycles. The molecule has 0 saturated heterocycles. The van der Waals surface area contributed by atoms with Crippen molar-refractivity contribution in [3.05, 3.63) is 42.0 Å². The molecule has 1 aliphatic rings. The van der Waals surface area contributed by atoms with E-state index >= 15 is 0 Å². The number of anilines is 2. The highest BCUT2D eigenvalue weighted by molar-refractivity contribution is 5.88. The molecule has 0 radical (unpaired) electrons. The molecular weight excluding hydrogens is 323 g/mol. The van der Waals surface area contributed by atoms with Gasteiger partial charge in [0.1, 0.15) is 29.7 Å². The molecule has 3 N–H and O–H groups in total. The van der Waals surface area contributed by atoms with Crippen molar-refractivity contribution in [3.8, 4) is 0 Å². The molecule has 1 unspecified atom stereocenters. The second-order valence-corrected chi connectivity index (χ2v) is 6.37. The van der Waals surface area contributed by atoms with Crippen LogP contribution in [0.15, 0.2) is 30.6 Å². The Labute approximate surface area is 145 Å². The van der Waals surface area contributed by atoms with Crippen molar-refractivity contribution in [1.29, 1.82) is 0 Å². The molecule has 132 valence electrons. The van der Waals surface area contributed by atoms with E-state index in [1.54, 1.807) is 32.3 Å². The lowest BCUT2D eigenvalue weighted by atomic mass is 10.0. The Balaban J connectivity index is 1.78. The number of hydrogen-bond acceptors (Lipinski definition) is 6. The number of carbonyl (C=O) groups excluding carboxylic acids is 1. The number of aromatic nitrogens is 3. The van der Waals surface area contributed by atoms with Crippen LogP contribution in [0.1, 0.15) is 31.2 Å². The predicted octanol–water partition coefficient (Wildman–Crippen LogP) is 1.71. The SMILES string of the molecule is CC(C)(Nc1ccnc(C2CNc3ncccc32)n1)C(=O)NCCF. The zero-order chi connectivity index (χ0) is 17.9. The van der Waals surface area contributed by atoms with E-state index in [4.69, 9.17) is 0 Å². The second kappa shape index (κ2) is 7.00. The van der Waals surface area contributed by atoms with Gasteiger partial charge in [-0.15, -0.1) is 0 Å². The Bertz CT molecular complexity index is 766. The molecule has 25 heavy (non-hydrogen) atoms. The smallest absolute Gasteiger partial charge is 0.245 e. The number of nitrogens with zero attached hydrogens (tertiary/aromatic N) is 3. The van der Waals surface area contributed by atoms with Gasteiger partial charge in [0.25, 0.3) is 0 Å². The highest BCUT2D eigenvalue weighted by Gasteiger charge is 2.29. The molecule has 0 bridgehead atoms. The third-order valence-electron chi connectivity index (χ3n) is 4.06. The summed E-state index contributed by atoms with van der Waals surface area (Å²) >= 11 is 0. The lowest BCUT2D eigenvalue weighted by molar-refractivity contribution is -0.124. The number of pyridine rings is 1. The number of amides is 1. The van der Waals surface area contributed by atoms with Gasteiger partial charge in [-0.05, 0) is 26.0 Å². The van der Waals surface area contributed by atoms with Crippen LogP contribution in [0.2, 0.25) is 0 Å². The molecule has 3 rings (SSSR count). The minimum atomic E-state index is -0.922. The summed E-state index contributed by atoms with van der Waals surface area (Å²) < 4.78 is 12.2. The normalized spacial score (nSPS) is 16.0. The average molecular weight is 344 g/mol.